The molecule has 0 aliphatic carbocycles. The minimum atomic E-state index is -0.952. The number of benzene rings is 1. The zero-order valence-corrected chi connectivity index (χ0v) is 15.7. The van der Waals surface area contributed by atoms with Crippen molar-refractivity contribution in [1.29, 1.82) is 0 Å². The predicted octanol–water partition coefficient (Wildman–Crippen LogP) is 1.14. The standard InChI is InChI=1S/C17H18N6O5/c1-17(2,3)27-16(26)19-12-9-22(4)13(18-12)15(25)28-23-14(24)10-7-5-6-8-11(10)20-21-23/h5-9H,1-4H3,(H,19,26). The van der Waals surface area contributed by atoms with Gasteiger partial charge in [-0.2, -0.15) is 0 Å². The second-order valence-electron chi connectivity index (χ2n) is 6.85. The second kappa shape index (κ2) is 7.10. The summed E-state index contributed by atoms with van der Waals surface area (Å²) in [5.41, 5.74) is -0.947. The third-order valence-electron chi connectivity index (χ3n) is 3.40. The fraction of sp³-hybridized carbons (Fsp3) is 0.294. The number of rotatable bonds is 3. The second-order valence-corrected chi connectivity index (χ2v) is 6.85. The topological polar surface area (TPSA) is 130 Å². The SMILES string of the molecule is Cn1cc(NC(=O)OC(C)(C)C)nc1C(=O)On1nnc2ccccc2c1=O. The highest BCUT2D eigenvalue weighted by Crippen LogP contribution is 2.12. The van der Waals surface area contributed by atoms with E-state index < -0.39 is 23.2 Å². The number of aryl methyl sites for hydroxylation is 1. The van der Waals surface area contributed by atoms with E-state index in [0.29, 0.717) is 10.4 Å². The fourth-order valence-electron chi connectivity index (χ4n) is 2.28. The van der Waals surface area contributed by atoms with Crippen molar-refractivity contribution in [3.05, 3.63) is 46.6 Å². The number of ether oxygens (including phenoxy) is 1. The van der Waals surface area contributed by atoms with E-state index in [1.54, 1.807) is 45.0 Å². The van der Waals surface area contributed by atoms with Crippen LogP contribution in [-0.4, -0.2) is 42.4 Å². The summed E-state index contributed by atoms with van der Waals surface area (Å²) in [5.74, 6) is -1.03. The lowest BCUT2D eigenvalue weighted by Crippen LogP contribution is -2.34. The minimum Gasteiger partial charge on any atom is -0.444 e. The molecule has 3 aromatic rings. The van der Waals surface area contributed by atoms with Gasteiger partial charge >= 0.3 is 17.6 Å². The molecule has 0 radical (unpaired) electrons. The highest BCUT2D eigenvalue weighted by molar-refractivity contribution is 5.88. The Morgan fingerprint density at radius 1 is 1.18 bits per heavy atom. The Hall–Kier alpha value is -3.76. The molecule has 11 heteroatoms. The van der Waals surface area contributed by atoms with E-state index in [-0.39, 0.29) is 17.0 Å². The molecule has 0 saturated carbocycles. The van der Waals surface area contributed by atoms with Gasteiger partial charge in [-0.25, -0.2) is 14.6 Å². The van der Waals surface area contributed by atoms with Crippen LogP contribution in [-0.2, 0) is 11.8 Å². The van der Waals surface area contributed by atoms with Crippen LogP contribution in [0.3, 0.4) is 0 Å². The van der Waals surface area contributed by atoms with Crippen molar-refractivity contribution in [3.63, 3.8) is 0 Å². The summed E-state index contributed by atoms with van der Waals surface area (Å²) in [5, 5.41) is 10.1. The van der Waals surface area contributed by atoms with Gasteiger partial charge in [0.25, 0.3) is 0 Å². The largest absolute Gasteiger partial charge is 0.444 e. The van der Waals surface area contributed by atoms with Gasteiger partial charge in [-0.15, -0.1) is 5.10 Å². The Morgan fingerprint density at radius 3 is 2.61 bits per heavy atom. The lowest BCUT2D eigenvalue weighted by molar-refractivity contribution is 0.0332. The van der Waals surface area contributed by atoms with E-state index in [4.69, 9.17) is 9.57 Å². The maximum atomic E-state index is 12.4. The Kier molecular flexibility index (Phi) is 4.82. The average molecular weight is 386 g/mol. The van der Waals surface area contributed by atoms with Crippen molar-refractivity contribution in [2.75, 3.05) is 5.32 Å². The minimum absolute atomic E-state index is 0.0839. The lowest BCUT2D eigenvalue weighted by Gasteiger charge is -2.18. The van der Waals surface area contributed by atoms with Crippen LogP contribution in [0.4, 0.5) is 10.6 Å². The summed E-state index contributed by atoms with van der Waals surface area (Å²) in [4.78, 5) is 46.0. The van der Waals surface area contributed by atoms with Gasteiger partial charge in [0, 0.05) is 13.2 Å². The molecule has 0 unspecified atom stereocenters. The molecule has 0 saturated heterocycles. The first-order valence-corrected chi connectivity index (χ1v) is 8.25. The van der Waals surface area contributed by atoms with E-state index in [0.717, 1.165) is 0 Å². The van der Waals surface area contributed by atoms with Crippen molar-refractivity contribution in [1.82, 2.24) is 24.7 Å². The van der Waals surface area contributed by atoms with Crippen molar-refractivity contribution in [2.24, 2.45) is 7.05 Å². The molecule has 1 N–H and O–H groups in total. The third kappa shape index (κ3) is 4.14. The number of carbonyl (C=O) groups is 2. The molecule has 1 aromatic carbocycles. The van der Waals surface area contributed by atoms with E-state index in [9.17, 15) is 14.4 Å². The number of amides is 1. The predicted molar refractivity (Wildman–Crippen MR) is 97.8 cm³/mol. The quantitative estimate of drug-likeness (QED) is 0.663. The molecule has 0 atom stereocenters. The maximum absolute atomic E-state index is 12.4. The molecule has 28 heavy (non-hydrogen) atoms. The molecule has 2 aromatic heterocycles. The molecule has 3 rings (SSSR count). The van der Waals surface area contributed by atoms with Crippen LogP contribution in [0.2, 0.25) is 0 Å². The number of aromatic nitrogens is 5. The number of hydrogen-bond donors (Lipinski definition) is 1. The number of nitrogens with zero attached hydrogens (tertiary/aromatic N) is 5. The Bertz CT molecular complexity index is 1110. The van der Waals surface area contributed by atoms with Gasteiger partial charge in [-0.05, 0) is 43.0 Å². The maximum Gasteiger partial charge on any atom is 0.413 e. The normalized spacial score (nSPS) is 11.3. The van der Waals surface area contributed by atoms with Crippen LogP contribution in [0.15, 0.2) is 35.3 Å². The molecule has 11 nitrogen and oxygen atoms in total. The highest BCUT2D eigenvalue weighted by atomic mass is 16.7. The summed E-state index contributed by atoms with van der Waals surface area (Å²) < 4.78 is 6.45. The van der Waals surface area contributed by atoms with Gasteiger partial charge in [0.1, 0.15) is 11.1 Å². The van der Waals surface area contributed by atoms with Gasteiger partial charge in [0.05, 0.1) is 5.39 Å². The number of carbonyl (C=O) groups excluding carboxylic acids is 2. The summed E-state index contributed by atoms with van der Waals surface area (Å²) >= 11 is 0. The zero-order chi connectivity index (χ0) is 20.5. The van der Waals surface area contributed by atoms with Crippen LogP contribution in [0, 0.1) is 0 Å². The van der Waals surface area contributed by atoms with Crippen LogP contribution in [0.25, 0.3) is 10.9 Å². The van der Waals surface area contributed by atoms with Crippen LogP contribution >= 0.6 is 0 Å². The molecule has 0 aliphatic rings. The Balaban J connectivity index is 1.78. The number of nitrogens with one attached hydrogen (secondary N) is 1. The van der Waals surface area contributed by atoms with Gasteiger partial charge in [0.15, 0.2) is 5.82 Å². The third-order valence-corrected chi connectivity index (χ3v) is 3.40. The molecular weight excluding hydrogens is 368 g/mol. The van der Waals surface area contributed by atoms with Crippen molar-refractivity contribution in [3.8, 4) is 0 Å². The number of fused-ring (bicyclic) bond motifs is 1. The summed E-state index contributed by atoms with van der Waals surface area (Å²) in [7, 11) is 1.53. The van der Waals surface area contributed by atoms with Crippen LogP contribution in [0.1, 0.15) is 31.4 Å². The monoisotopic (exact) mass is 386 g/mol. The van der Waals surface area contributed by atoms with E-state index in [1.165, 1.54) is 17.8 Å². The van der Waals surface area contributed by atoms with E-state index in [2.05, 4.69) is 20.6 Å². The summed E-state index contributed by atoms with van der Waals surface area (Å²) in [6.07, 6.45) is 0.678. The van der Waals surface area contributed by atoms with E-state index >= 15 is 0 Å². The highest BCUT2D eigenvalue weighted by Gasteiger charge is 2.21. The number of imidazole rings is 1. The van der Waals surface area contributed by atoms with Crippen molar-refractivity contribution >= 4 is 28.8 Å². The Labute approximate surface area is 158 Å². The van der Waals surface area contributed by atoms with Crippen LogP contribution < -0.4 is 15.7 Å². The molecule has 0 aliphatic heterocycles. The molecule has 0 fully saturated rings. The first kappa shape index (κ1) is 19.0. The van der Waals surface area contributed by atoms with E-state index in [1.807, 2.05) is 0 Å². The molecule has 0 spiro atoms. The molecule has 146 valence electrons. The number of anilines is 1. The van der Waals surface area contributed by atoms with Gasteiger partial charge in [-0.1, -0.05) is 12.1 Å². The average Bonchev–Trinajstić information content (AvgIpc) is 2.96. The van der Waals surface area contributed by atoms with Crippen molar-refractivity contribution in [2.45, 2.75) is 26.4 Å². The van der Waals surface area contributed by atoms with Crippen molar-refractivity contribution < 1.29 is 19.2 Å². The van der Waals surface area contributed by atoms with Gasteiger partial charge in [-0.3, -0.25) is 10.1 Å². The smallest absolute Gasteiger partial charge is 0.413 e. The summed E-state index contributed by atoms with van der Waals surface area (Å²) in [6, 6.07) is 6.52. The first-order valence-electron chi connectivity index (χ1n) is 8.25. The lowest BCUT2D eigenvalue weighted by atomic mass is 10.2. The van der Waals surface area contributed by atoms with Gasteiger partial charge < -0.3 is 14.1 Å². The molecule has 0 bridgehead atoms. The van der Waals surface area contributed by atoms with Crippen LogP contribution in [0.5, 0.6) is 0 Å². The van der Waals surface area contributed by atoms with Gasteiger partial charge in [0.2, 0.25) is 5.82 Å². The molecular formula is C17H18N6O5. The first-order chi connectivity index (χ1) is 13.1. The molecule has 2 heterocycles. The number of hydrogen-bond acceptors (Lipinski definition) is 8. The Morgan fingerprint density at radius 2 is 1.89 bits per heavy atom. The fourth-order valence-corrected chi connectivity index (χ4v) is 2.28. The summed E-state index contributed by atoms with van der Waals surface area (Å²) in [6.45, 7) is 5.16. The molecule has 1 amide bonds. The zero-order valence-electron chi connectivity index (χ0n) is 15.7.